The Labute approximate surface area is 178 Å². The van der Waals surface area contributed by atoms with Crippen molar-refractivity contribution in [2.24, 2.45) is 13.0 Å². The monoisotopic (exact) mass is 431 g/mol. The topological polar surface area (TPSA) is 63.1 Å². The first-order chi connectivity index (χ1) is 14.7. The highest BCUT2D eigenvalue weighted by molar-refractivity contribution is 5.94. The summed E-state index contributed by atoms with van der Waals surface area (Å²) in [4.78, 5) is 22.8. The van der Waals surface area contributed by atoms with Gasteiger partial charge < -0.3 is 9.88 Å². The molecule has 4 rings (SSSR count). The van der Waals surface area contributed by atoms with Crippen LogP contribution >= 0.6 is 0 Å². The van der Waals surface area contributed by atoms with Crippen LogP contribution in [-0.4, -0.2) is 51.2 Å². The first-order valence-electron chi connectivity index (χ1n) is 10.2. The van der Waals surface area contributed by atoms with Crippen molar-refractivity contribution in [1.82, 2.24) is 19.4 Å². The minimum atomic E-state index is -4.16. The number of fused-ring (bicyclic) bond motifs is 1. The van der Waals surface area contributed by atoms with E-state index in [-0.39, 0.29) is 38.4 Å². The van der Waals surface area contributed by atoms with Gasteiger partial charge in [0.25, 0.3) is 0 Å². The summed E-state index contributed by atoms with van der Waals surface area (Å²) in [5.74, 6) is -0.222. The second-order valence-corrected chi connectivity index (χ2v) is 8.02. The Morgan fingerprint density at radius 3 is 2.52 bits per heavy atom. The number of aryl methyl sites for hydroxylation is 1. The van der Waals surface area contributed by atoms with Gasteiger partial charge in [-0.2, -0.15) is 13.2 Å². The molecule has 164 valence electrons. The number of alkyl halides is 3. The van der Waals surface area contributed by atoms with E-state index in [9.17, 15) is 18.0 Å². The fourth-order valence-electron chi connectivity index (χ4n) is 3.94. The first kappa shape index (κ1) is 21.3. The molecule has 1 fully saturated rings. The molecule has 0 saturated carbocycles. The number of likely N-dealkylation sites (tertiary alicyclic amines) is 1. The van der Waals surface area contributed by atoms with Crippen molar-refractivity contribution in [3.8, 4) is 11.3 Å². The second kappa shape index (κ2) is 8.30. The maximum Gasteiger partial charge on any atom is 0.391 e. The molecule has 0 unspecified atom stereocenters. The number of carbonyl (C=O) groups excluding carboxylic acids is 1. The predicted octanol–water partition coefficient (Wildman–Crippen LogP) is 4.16. The van der Waals surface area contributed by atoms with Crippen molar-refractivity contribution >= 4 is 22.5 Å². The zero-order chi connectivity index (χ0) is 22.2. The highest BCUT2D eigenvalue weighted by Gasteiger charge is 2.41. The van der Waals surface area contributed by atoms with E-state index in [2.05, 4.69) is 15.3 Å². The number of pyridine rings is 1. The normalized spacial score (nSPS) is 16.0. The number of benzene rings is 1. The summed E-state index contributed by atoms with van der Waals surface area (Å²) >= 11 is 0. The van der Waals surface area contributed by atoms with Crippen molar-refractivity contribution in [3.63, 3.8) is 0 Å². The molecular weight excluding hydrogens is 407 g/mol. The number of nitrogens with one attached hydrogen (secondary N) is 1. The fourth-order valence-corrected chi connectivity index (χ4v) is 3.94. The summed E-state index contributed by atoms with van der Waals surface area (Å²) in [6.45, 7) is 2.51. The highest BCUT2D eigenvalue weighted by atomic mass is 19.4. The van der Waals surface area contributed by atoms with E-state index in [1.54, 1.807) is 17.2 Å². The molecule has 1 aliphatic heterocycles. The van der Waals surface area contributed by atoms with Gasteiger partial charge in [0.15, 0.2) is 0 Å². The maximum absolute atomic E-state index is 12.8. The zero-order valence-corrected chi connectivity index (χ0v) is 17.4. The minimum Gasteiger partial charge on any atom is -0.331 e. The Hall–Kier alpha value is -2.94. The molecule has 6 nitrogen and oxygen atoms in total. The predicted molar refractivity (Wildman–Crippen MR) is 113 cm³/mol. The molecule has 0 atom stereocenters. The van der Waals surface area contributed by atoms with Crippen molar-refractivity contribution < 1.29 is 18.0 Å². The molecule has 0 spiro atoms. The summed E-state index contributed by atoms with van der Waals surface area (Å²) in [5.41, 5.74) is 2.00. The highest BCUT2D eigenvalue weighted by Crippen LogP contribution is 2.34. The molecule has 0 aliphatic carbocycles. The van der Waals surface area contributed by atoms with Crippen molar-refractivity contribution in [2.45, 2.75) is 25.9 Å². The molecule has 0 bridgehead atoms. The third-order valence-corrected chi connectivity index (χ3v) is 5.92. The van der Waals surface area contributed by atoms with Crippen LogP contribution in [0, 0.1) is 12.8 Å². The zero-order valence-electron chi connectivity index (χ0n) is 17.4. The number of rotatable bonds is 4. The molecule has 1 aliphatic rings. The molecule has 1 saturated heterocycles. The Morgan fingerprint density at radius 2 is 1.87 bits per heavy atom. The van der Waals surface area contributed by atoms with E-state index in [0.717, 1.165) is 27.9 Å². The Kier molecular flexibility index (Phi) is 5.70. The van der Waals surface area contributed by atoms with Crippen molar-refractivity contribution in [2.75, 3.05) is 25.0 Å². The molecule has 2 aromatic heterocycles. The summed E-state index contributed by atoms with van der Waals surface area (Å²) < 4.78 is 40.4. The number of carbonyl (C=O) groups is 1. The van der Waals surface area contributed by atoms with Gasteiger partial charge in [-0.15, -0.1) is 0 Å². The molecule has 9 heteroatoms. The average molecular weight is 431 g/mol. The molecule has 0 radical (unpaired) electrons. The van der Waals surface area contributed by atoms with E-state index in [4.69, 9.17) is 0 Å². The quantitative estimate of drug-likeness (QED) is 0.674. The number of imidazole rings is 1. The van der Waals surface area contributed by atoms with Crippen LogP contribution in [0.5, 0.6) is 0 Å². The van der Waals surface area contributed by atoms with Crippen molar-refractivity contribution in [3.05, 3.63) is 42.5 Å². The number of anilines is 1. The molecule has 1 N–H and O–H groups in total. The van der Waals surface area contributed by atoms with Crippen LogP contribution in [0.2, 0.25) is 0 Å². The molecular formula is C22H24F3N5O. The lowest BCUT2D eigenvalue weighted by Gasteiger charge is -2.32. The number of piperidine rings is 1. The Morgan fingerprint density at radius 1 is 1.13 bits per heavy atom. The number of hydrogen-bond donors (Lipinski definition) is 1. The number of halogens is 3. The average Bonchev–Trinajstić information content (AvgIpc) is 3.05. The lowest BCUT2D eigenvalue weighted by molar-refractivity contribution is -0.184. The van der Waals surface area contributed by atoms with Gasteiger partial charge in [0.05, 0.1) is 24.4 Å². The van der Waals surface area contributed by atoms with Crippen LogP contribution in [0.15, 0.2) is 36.7 Å². The van der Waals surface area contributed by atoms with Crippen molar-refractivity contribution in [1.29, 1.82) is 0 Å². The molecule has 1 amide bonds. The van der Waals surface area contributed by atoms with E-state index in [1.807, 2.05) is 42.9 Å². The number of hydrogen-bond acceptors (Lipinski definition) is 4. The smallest absolute Gasteiger partial charge is 0.331 e. The Bertz CT molecular complexity index is 1100. The number of aromatic nitrogens is 3. The molecule has 31 heavy (non-hydrogen) atoms. The van der Waals surface area contributed by atoms with E-state index >= 15 is 0 Å². The van der Waals surface area contributed by atoms with Gasteiger partial charge in [-0.1, -0.05) is 12.1 Å². The number of amides is 1. The minimum absolute atomic E-state index is 0.0290. The standard InChI is InChI=1S/C22H24F3N5O/c1-14-26-12-19(29(14)2)15-3-4-16-11-27-20(10-17(16)9-15)28-21(31)13-30-7-5-18(6-8-30)22(23,24)25/h3-4,9-12,18H,5-8,13H2,1-2H3,(H,27,28,31). The number of nitrogens with zero attached hydrogens (tertiary/aromatic N) is 4. The summed E-state index contributed by atoms with van der Waals surface area (Å²) in [7, 11) is 1.96. The summed E-state index contributed by atoms with van der Waals surface area (Å²) in [6.07, 6.45) is -0.584. The van der Waals surface area contributed by atoms with E-state index in [0.29, 0.717) is 5.82 Å². The van der Waals surface area contributed by atoms with Crippen LogP contribution in [0.3, 0.4) is 0 Å². The summed E-state index contributed by atoms with van der Waals surface area (Å²) in [5, 5.41) is 4.63. The summed E-state index contributed by atoms with van der Waals surface area (Å²) in [6, 6.07) is 7.79. The van der Waals surface area contributed by atoms with E-state index in [1.165, 1.54) is 0 Å². The van der Waals surface area contributed by atoms with Gasteiger partial charge in [0.2, 0.25) is 5.91 Å². The SMILES string of the molecule is Cc1ncc(-c2ccc3cnc(NC(=O)CN4CCC(C(F)(F)F)CC4)cc3c2)n1C. The van der Waals surface area contributed by atoms with Crippen LogP contribution in [0.4, 0.5) is 19.0 Å². The van der Waals surface area contributed by atoms with Gasteiger partial charge in [0, 0.05) is 24.2 Å². The maximum atomic E-state index is 12.8. The fraction of sp³-hybridized carbons (Fsp3) is 0.409. The molecule has 1 aromatic carbocycles. The van der Waals surface area contributed by atoms with Gasteiger partial charge in [-0.3, -0.25) is 9.69 Å². The van der Waals surface area contributed by atoms with Gasteiger partial charge in [-0.05, 0) is 50.4 Å². The van der Waals surface area contributed by atoms with Crippen LogP contribution in [-0.2, 0) is 11.8 Å². The lowest BCUT2D eigenvalue weighted by Crippen LogP contribution is -2.42. The van der Waals surface area contributed by atoms with Crippen LogP contribution in [0.25, 0.3) is 22.0 Å². The largest absolute Gasteiger partial charge is 0.391 e. The van der Waals surface area contributed by atoms with Crippen LogP contribution < -0.4 is 5.32 Å². The van der Waals surface area contributed by atoms with Gasteiger partial charge in [-0.25, -0.2) is 9.97 Å². The third-order valence-electron chi connectivity index (χ3n) is 5.92. The Balaban J connectivity index is 1.42. The third kappa shape index (κ3) is 4.71. The van der Waals surface area contributed by atoms with Gasteiger partial charge >= 0.3 is 6.18 Å². The second-order valence-electron chi connectivity index (χ2n) is 8.02. The van der Waals surface area contributed by atoms with Gasteiger partial charge in [0.1, 0.15) is 11.6 Å². The molecule has 3 heterocycles. The molecule has 3 aromatic rings. The lowest BCUT2D eigenvalue weighted by atomic mass is 9.96. The van der Waals surface area contributed by atoms with E-state index < -0.39 is 12.1 Å². The van der Waals surface area contributed by atoms with Crippen LogP contribution in [0.1, 0.15) is 18.7 Å². The first-order valence-corrected chi connectivity index (χ1v) is 10.2.